The molecule has 0 spiro atoms. The van der Waals surface area contributed by atoms with E-state index in [9.17, 15) is 31.5 Å². The number of amides is 2. The standard InChI is InChI=1S/C27H27F5N2O2/c1-25(29,27(30,31)32)18-5-8-20-17(13-18)14-22-26(20,15-16-3-6-19(28)7-4-16)11-12-34(22)24(36)21-9-10-23(35)33(21)2/h3-8,13,21-22H,9-12,14-15H2,1-2H3/t21-,22?,25?,26?/m0/s1. The van der Waals surface area contributed by atoms with Crippen molar-refractivity contribution in [2.75, 3.05) is 13.6 Å². The summed E-state index contributed by atoms with van der Waals surface area (Å²) in [6.45, 7) is 0.954. The van der Waals surface area contributed by atoms with E-state index >= 15 is 0 Å². The normalized spacial score (nSPS) is 27.2. The Morgan fingerprint density at radius 2 is 1.81 bits per heavy atom. The van der Waals surface area contributed by atoms with Crippen LogP contribution >= 0.6 is 0 Å². The molecule has 2 fully saturated rings. The molecule has 5 rings (SSSR count). The van der Waals surface area contributed by atoms with Gasteiger partial charge in [0.1, 0.15) is 11.9 Å². The van der Waals surface area contributed by atoms with Gasteiger partial charge in [-0.05, 0) is 67.0 Å². The molecule has 2 amide bonds. The Morgan fingerprint density at radius 1 is 1.11 bits per heavy atom. The number of alkyl halides is 4. The van der Waals surface area contributed by atoms with Crippen LogP contribution in [-0.4, -0.2) is 53.5 Å². The molecule has 9 heteroatoms. The summed E-state index contributed by atoms with van der Waals surface area (Å²) in [5.74, 6) is -0.650. The number of hydrogen-bond donors (Lipinski definition) is 0. The van der Waals surface area contributed by atoms with Crippen molar-refractivity contribution in [3.63, 3.8) is 0 Å². The SMILES string of the molecule is CN1C(=O)CC[C@H]1C(=O)N1CCC2(Cc3ccc(F)cc3)c3ccc(C(C)(F)C(F)(F)F)cc3CC12. The van der Waals surface area contributed by atoms with E-state index in [0.717, 1.165) is 11.1 Å². The highest BCUT2D eigenvalue weighted by atomic mass is 19.4. The van der Waals surface area contributed by atoms with Crippen LogP contribution in [0.25, 0.3) is 0 Å². The molecule has 3 aliphatic rings. The summed E-state index contributed by atoms with van der Waals surface area (Å²) in [5, 5.41) is 0. The molecule has 2 aromatic carbocycles. The molecule has 2 saturated heterocycles. The predicted octanol–water partition coefficient (Wildman–Crippen LogP) is 4.83. The van der Waals surface area contributed by atoms with Gasteiger partial charge in [-0.1, -0.05) is 30.3 Å². The third-order valence-corrected chi connectivity index (χ3v) is 8.44. The maximum Gasteiger partial charge on any atom is 0.426 e. The summed E-state index contributed by atoms with van der Waals surface area (Å²) in [4.78, 5) is 28.8. The monoisotopic (exact) mass is 506 g/mol. The predicted molar refractivity (Wildman–Crippen MR) is 122 cm³/mol. The first-order valence-electron chi connectivity index (χ1n) is 12.1. The van der Waals surface area contributed by atoms with Gasteiger partial charge < -0.3 is 9.80 Å². The fourth-order valence-corrected chi connectivity index (χ4v) is 6.29. The van der Waals surface area contributed by atoms with Gasteiger partial charge in [-0.2, -0.15) is 13.2 Å². The van der Waals surface area contributed by atoms with Crippen molar-refractivity contribution in [3.8, 4) is 0 Å². The molecule has 2 aliphatic heterocycles. The minimum atomic E-state index is -5.07. The lowest BCUT2D eigenvalue weighted by Crippen LogP contribution is -2.50. The van der Waals surface area contributed by atoms with Crippen LogP contribution in [0.4, 0.5) is 22.0 Å². The number of carbonyl (C=O) groups is 2. The van der Waals surface area contributed by atoms with E-state index < -0.39 is 28.9 Å². The van der Waals surface area contributed by atoms with Crippen molar-refractivity contribution in [2.45, 2.75) is 68.4 Å². The Bertz CT molecular complexity index is 1210. The van der Waals surface area contributed by atoms with Crippen molar-refractivity contribution in [1.29, 1.82) is 0 Å². The van der Waals surface area contributed by atoms with Gasteiger partial charge in [0.2, 0.25) is 17.5 Å². The number of carbonyl (C=O) groups excluding carboxylic acids is 2. The molecule has 0 N–H and O–H groups in total. The summed E-state index contributed by atoms with van der Waals surface area (Å²) < 4.78 is 68.6. The van der Waals surface area contributed by atoms with Crippen LogP contribution in [0, 0.1) is 5.82 Å². The van der Waals surface area contributed by atoms with Crippen LogP contribution < -0.4 is 0 Å². The highest BCUT2D eigenvalue weighted by Crippen LogP contribution is 2.52. The lowest BCUT2D eigenvalue weighted by molar-refractivity contribution is -0.228. The number of nitrogens with zero attached hydrogens (tertiary/aromatic N) is 2. The molecule has 0 bridgehead atoms. The number of halogens is 5. The lowest BCUT2D eigenvalue weighted by atomic mass is 9.73. The molecular formula is C27H27F5N2O2. The smallest absolute Gasteiger partial charge is 0.337 e. The largest absolute Gasteiger partial charge is 0.426 e. The van der Waals surface area contributed by atoms with Gasteiger partial charge in [0.25, 0.3) is 0 Å². The number of rotatable bonds is 4. The molecule has 192 valence electrons. The molecule has 2 aromatic rings. The maximum atomic E-state index is 14.8. The Kier molecular flexibility index (Phi) is 5.68. The van der Waals surface area contributed by atoms with Crippen LogP contribution in [0.2, 0.25) is 0 Å². The molecule has 4 nitrogen and oxygen atoms in total. The van der Waals surface area contributed by atoms with E-state index in [0.29, 0.717) is 44.7 Å². The first-order chi connectivity index (χ1) is 16.8. The van der Waals surface area contributed by atoms with Gasteiger partial charge in [-0.3, -0.25) is 9.59 Å². The van der Waals surface area contributed by atoms with Crippen molar-refractivity contribution in [1.82, 2.24) is 9.80 Å². The summed E-state index contributed by atoms with van der Waals surface area (Å²) >= 11 is 0. The lowest BCUT2D eigenvalue weighted by Gasteiger charge is -2.35. The fourth-order valence-electron chi connectivity index (χ4n) is 6.29. The molecule has 0 radical (unpaired) electrons. The van der Waals surface area contributed by atoms with Gasteiger partial charge in [0.05, 0.1) is 0 Å². The summed E-state index contributed by atoms with van der Waals surface area (Å²) in [7, 11) is 1.61. The first-order valence-corrected chi connectivity index (χ1v) is 12.1. The van der Waals surface area contributed by atoms with Gasteiger partial charge in [0.15, 0.2) is 0 Å². The van der Waals surface area contributed by atoms with Crippen molar-refractivity contribution < 1.29 is 31.5 Å². The van der Waals surface area contributed by atoms with Crippen molar-refractivity contribution in [3.05, 3.63) is 70.5 Å². The molecule has 1 aliphatic carbocycles. The van der Waals surface area contributed by atoms with Crippen molar-refractivity contribution >= 4 is 11.8 Å². The third kappa shape index (κ3) is 3.69. The second-order valence-corrected chi connectivity index (χ2v) is 10.4. The number of fused-ring (bicyclic) bond motifs is 3. The van der Waals surface area contributed by atoms with Crippen LogP contribution in [0.5, 0.6) is 0 Å². The van der Waals surface area contributed by atoms with E-state index in [1.807, 2.05) is 0 Å². The number of likely N-dealkylation sites (tertiary alicyclic amines) is 2. The Hall–Kier alpha value is -2.97. The first kappa shape index (κ1) is 24.7. The van der Waals surface area contributed by atoms with E-state index in [4.69, 9.17) is 0 Å². The van der Waals surface area contributed by atoms with Crippen molar-refractivity contribution in [2.24, 2.45) is 0 Å². The molecule has 3 unspecified atom stereocenters. The van der Waals surface area contributed by atoms with Gasteiger partial charge >= 0.3 is 6.18 Å². The zero-order chi connectivity index (χ0) is 26.0. The topological polar surface area (TPSA) is 40.6 Å². The summed E-state index contributed by atoms with van der Waals surface area (Å²) in [6, 6.07) is 9.16. The molecule has 0 aromatic heterocycles. The number of benzene rings is 2. The molecular weight excluding hydrogens is 479 g/mol. The Morgan fingerprint density at radius 3 is 2.42 bits per heavy atom. The number of likely N-dealkylation sites (N-methyl/N-ethyl adjacent to an activating group) is 1. The second-order valence-electron chi connectivity index (χ2n) is 10.4. The summed E-state index contributed by atoms with van der Waals surface area (Å²) in [6.07, 6.45) is -3.05. The van der Waals surface area contributed by atoms with Crippen LogP contribution in [0.3, 0.4) is 0 Å². The van der Waals surface area contributed by atoms with Gasteiger partial charge in [-0.15, -0.1) is 0 Å². The van der Waals surface area contributed by atoms with E-state index in [1.54, 1.807) is 30.1 Å². The highest BCUT2D eigenvalue weighted by molar-refractivity contribution is 5.91. The van der Waals surface area contributed by atoms with E-state index in [-0.39, 0.29) is 30.1 Å². The zero-order valence-electron chi connectivity index (χ0n) is 20.0. The van der Waals surface area contributed by atoms with Crippen LogP contribution in [0.1, 0.15) is 48.4 Å². The molecule has 2 heterocycles. The average Bonchev–Trinajstić information content (AvgIpc) is 3.44. The quantitative estimate of drug-likeness (QED) is 0.558. The van der Waals surface area contributed by atoms with Crippen LogP contribution in [0.15, 0.2) is 42.5 Å². The van der Waals surface area contributed by atoms with Crippen LogP contribution in [-0.2, 0) is 33.5 Å². The summed E-state index contributed by atoms with van der Waals surface area (Å²) in [5.41, 5.74) is -2.36. The van der Waals surface area contributed by atoms with Gasteiger partial charge in [-0.25, -0.2) is 8.78 Å². The Labute approximate surface area is 206 Å². The maximum absolute atomic E-state index is 14.8. The van der Waals surface area contributed by atoms with E-state index in [1.165, 1.54) is 29.2 Å². The average molecular weight is 507 g/mol. The minimum Gasteiger partial charge on any atom is -0.337 e. The Balaban J connectivity index is 1.55. The molecule has 0 saturated carbocycles. The molecule has 4 atom stereocenters. The second kappa shape index (κ2) is 8.28. The highest BCUT2D eigenvalue weighted by Gasteiger charge is 2.57. The molecule has 36 heavy (non-hydrogen) atoms. The minimum absolute atomic E-state index is 0.0983. The van der Waals surface area contributed by atoms with Gasteiger partial charge in [0, 0.05) is 31.5 Å². The fraction of sp³-hybridized carbons (Fsp3) is 0.481. The third-order valence-electron chi connectivity index (χ3n) is 8.44. The number of hydrogen-bond acceptors (Lipinski definition) is 2. The zero-order valence-corrected chi connectivity index (χ0v) is 20.0. The van der Waals surface area contributed by atoms with E-state index in [2.05, 4.69) is 0 Å².